The molecule has 0 aliphatic carbocycles. The first-order valence-electron chi connectivity index (χ1n) is 7.30. The largest absolute Gasteiger partial charge is 0.370 e. The van der Waals surface area contributed by atoms with Crippen LogP contribution in [-0.2, 0) is 11.5 Å². The first-order chi connectivity index (χ1) is 10.1. The maximum atomic E-state index is 4.55. The van der Waals surface area contributed by atoms with Crippen LogP contribution in [0.2, 0.25) is 0 Å². The minimum atomic E-state index is 0.840. The lowest BCUT2D eigenvalue weighted by Gasteiger charge is -2.07. The summed E-state index contributed by atoms with van der Waals surface area (Å²) in [5.41, 5.74) is 5.04. The monoisotopic (exact) mass is 301 g/mol. The van der Waals surface area contributed by atoms with Gasteiger partial charge in [0.2, 0.25) is 0 Å². The van der Waals surface area contributed by atoms with Crippen molar-refractivity contribution in [2.24, 2.45) is 0 Å². The lowest BCUT2D eigenvalue weighted by molar-refractivity contribution is 0.986. The molecule has 0 aliphatic rings. The summed E-state index contributed by atoms with van der Waals surface area (Å²) >= 11 is 1.86. The van der Waals surface area contributed by atoms with E-state index in [1.807, 2.05) is 24.8 Å². The van der Waals surface area contributed by atoms with E-state index in [-0.39, 0.29) is 0 Å². The summed E-state index contributed by atoms with van der Waals surface area (Å²) in [5.74, 6) is 3.66. The molecule has 0 radical (unpaired) electrons. The second-order valence-corrected chi connectivity index (χ2v) is 6.32. The number of benzene rings is 1. The van der Waals surface area contributed by atoms with E-state index in [4.69, 9.17) is 0 Å². The lowest BCUT2D eigenvalue weighted by atomic mass is 10.1. The molecule has 3 nitrogen and oxygen atoms in total. The van der Waals surface area contributed by atoms with E-state index >= 15 is 0 Å². The van der Waals surface area contributed by atoms with Gasteiger partial charge in [0.25, 0.3) is 0 Å². The van der Waals surface area contributed by atoms with E-state index in [2.05, 4.69) is 54.3 Å². The van der Waals surface area contributed by atoms with Gasteiger partial charge < -0.3 is 5.32 Å². The third-order valence-corrected chi connectivity index (χ3v) is 4.04. The average molecular weight is 301 g/mol. The van der Waals surface area contributed by atoms with Crippen LogP contribution in [0.25, 0.3) is 0 Å². The Hall–Kier alpha value is -1.55. The number of aryl methyl sites for hydroxylation is 3. The van der Waals surface area contributed by atoms with Crippen molar-refractivity contribution >= 4 is 17.6 Å². The molecule has 0 fully saturated rings. The van der Waals surface area contributed by atoms with Gasteiger partial charge in [-0.05, 0) is 33.3 Å². The van der Waals surface area contributed by atoms with Crippen LogP contribution in [0.3, 0.4) is 0 Å². The van der Waals surface area contributed by atoms with E-state index in [1.165, 1.54) is 16.7 Å². The molecule has 2 aromatic rings. The Bertz CT molecular complexity index is 591. The zero-order valence-electron chi connectivity index (χ0n) is 13.2. The molecule has 0 spiro atoms. The predicted octanol–water partition coefficient (Wildman–Crippen LogP) is 4.27. The molecule has 0 unspecified atom stereocenters. The third-order valence-electron chi connectivity index (χ3n) is 3.04. The summed E-state index contributed by atoms with van der Waals surface area (Å²) in [6.07, 6.45) is 0. The Morgan fingerprint density at radius 1 is 0.952 bits per heavy atom. The van der Waals surface area contributed by atoms with Gasteiger partial charge in [-0.2, -0.15) is 0 Å². The zero-order chi connectivity index (χ0) is 15.2. The fourth-order valence-electron chi connectivity index (χ4n) is 2.38. The fraction of sp³-hybridized carbons (Fsp3) is 0.412. The van der Waals surface area contributed by atoms with Crippen LogP contribution < -0.4 is 5.32 Å². The topological polar surface area (TPSA) is 37.8 Å². The van der Waals surface area contributed by atoms with Gasteiger partial charge in [-0.1, -0.05) is 29.3 Å². The minimum absolute atomic E-state index is 0.840. The first kappa shape index (κ1) is 15.8. The molecule has 0 saturated heterocycles. The number of hydrogen-bond acceptors (Lipinski definition) is 4. The van der Waals surface area contributed by atoms with E-state index in [0.29, 0.717) is 0 Å². The number of rotatable bonds is 6. The van der Waals surface area contributed by atoms with Crippen LogP contribution >= 0.6 is 11.8 Å². The highest BCUT2D eigenvalue weighted by molar-refractivity contribution is 7.97. The highest BCUT2D eigenvalue weighted by Gasteiger charge is 2.03. The van der Waals surface area contributed by atoms with Crippen molar-refractivity contribution in [1.29, 1.82) is 0 Å². The Morgan fingerprint density at radius 3 is 2.33 bits per heavy atom. The van der Waals surface area contributed by atoms with Crippen molar-refractivity contribution in [3.8, 4) is 0 Å². The average Bonchev–Trinajstić information content (AvgIpc) is 2.37. The van der Waals surface area contributed by atoms with E-state index in [1.54, 1.807) is 0 Å². The highest BCUT2D eigenvalue weighted by atomic mass is 32.2. The summed E-state index contributed by atoms with van der Waals surface area (Å²) in [6, 6.07) is 8.70. The highest BCUT2D eigenvalue weighted by Crippen LogP contribution is 2.19. The van der Waals surface area contributed by atoms with Gasteiger partial charge in [-0.15, -0.1) is 11.8 Å². The molecule has 2 rings (SSSR count). The molecule has 112 valence electrons. The van der Waals surface area contributed by atoms with Gasteiger partial charge in [0.1, 0.15) is 11.6 Å². The van der Waals surface area contributed by atoms with Crippen LogP contribution in [0, 0.1) is 20.8 Å². The van der Waals surface area contributed by atoms with Crippen molar-refractivity contribution in [3.63, 3.8) is 0 Å². The maximum Gasteiger partial charge on any atom is 0.140 e. The molecule has 0 bridgehead atoms. The molecular weight excluding hydrogens is 278 g/mol. The molecule has 0 saturated carbocycles. The standard InChI is InChI=1S/C17H23N3S/c1-5-18-16-9-14(4)19-17(20-16)11-21-10-15-7-12(2)6-13(3)8-15/h6-9H,5,10-11H2,1-4H3,(H,18,19,20). The second kappa shape index (κ2) is 7.46. The maximum absolute atomic E-state index is 4.55. The fourth-order valence-corrected chi connectivity index (χ4v) is 3.19. The van der Waals surface area contributed by atoms with Crippen molar-refractivity contribution in [1.82, 2.24) is 9.97 Å². The quantitative estimate of drug-likeness (QED) is 0.865. The van der Waals surface area contributed by atoms with Gasteiger partial charge in [-0.3, -0.25) is 0 Å². The van der Waals surface area contributed by atoms with Gasteiger partial charge >= 0.3 is 0 Å². The Labute approximate surface area is 131 Å². The van der Waals surface area contributed by atoms with E-state index in [0.717, 1.165) is 35.4 Å². The molecule has 4 heteroatoms. The molecular formula is C17H23N3S. The van der Waals surface area contributed by atoms with Crippen LogP contribution in [-0.4, -0.2) is 16.5 Å². The zero-order valence-corrected chi connectivity index (χ0v) is 14.0. The molecule has 0 amide bonds. The summed E-state index contributed by atoms with van der Waals surface area (Å²) in [4.78, 5) is 9.06. The normalized spacial score (nSPS) is 10.7. The van der Waals surface area contributed by atoms with Crippen molar-refractivity contribution in [2.45, 2.75) is 39.2 Å². The summed E-state index contributed by atoms with van der Waals surface area (Å²) in [6.45, 7) is 9.26. The van der Waals surface area contributed by atoms with Crippen LogP contribution in [0.4, 0.5) is 5.82 Å². The van der Waals surface area contributed by atoms with Gasteiger partial charge in [0.15, 0.2) is 0 Å². The number of nitrogens with zero attached hydrogens (tertiary/aromatic N) is 2. The minimum Gasteiger partial charge on any atom is -0.370 e. The molecule has 1 N–H and O–H groups in total. The van der Waals surface area contributed by atoms with Gasteiger partial charge in [0, 0.05) is 24.1 Å². The number of thioether (sulfide) groups is 1. The van der Waals surface area contributed by atoms with Gasteiger partial charge in [-0.25, -0.2) is 9.97 Å². The van der Waals surface area contributed by atoms with E-state index in [9.17, 15) is 0 Å². The Morgan fingerprint density at radius 2 is 1.67 bits per heavy atom. The Kier molecular flexibility index (Phi) is 5.62. The van der Waals surface area contributed by atoms with Crippen LogP contribution in [0.5, 0.6) is 0 Å². The van der Waals surface area contributed by atoms with Crippen molar-refractivity contribution < 1.29 is 0 Å². The van der Waals surface area contributed by atoms with Crippen LogP contribution in [0.1, 0.15) is 35.1 Å². The SMILES string of the molecule is CCNc1cc(C)nc(CSCc2cc(C)cc(C)c2)n1. The molecule has 1 heterocycles. The van der Waals surface area contributed by atoms with E-state index < -0.39 is 0 Å². The summed E-state index contributed by atoms with van der Waals surface area (Å²) in [7, 11) is 0. The molecule has 1 aromatic heterocycles. The van der Waals surface area contributed by atoms with Crippen molar-refractivity contribution in [2.75, 3.05) is 11.9 Å². The number of hydrogen-bond donors (Lipinski definition) is 1. The smallest absolute Gasteiger partial charge is 0.140 e. The number of aromatic nitrogens is 2. The summed E-state index contributed by atoms with van der Waals surface area (Å²) < 4.78 is 0. The molecule has 1 aromatic carbocycles. The van der Waals surface area contributed by atoms with Gasteiger partial charge in [0.05, 0.1) is 5.75 Å². The van der Waals surface area contributed by atoms with Crippen LogP contribution in [0.15, 0.2) is 24.3 Å². The summed E-state index contributed by atoms with van der Waals surface area (Å²) in [5, 5.41) is 3.25. The number of nitrogens with one attached hydrogen (secondary N) is 1. The van der Waals surface area contributed by atoms with Crippen molar-refractivity contribution in [3.05, 3.63) is 52.5 Å². The molecule has 21 heavy (non-hydrogen) atoms. The lowest BCUT2D eigenvalue weighted by Crippen LogP contribution is -2.04. The third kappa shape index (κ3) is 5.05. The second-order valence-electron chi connectivity index (χ2n) is 5.33. The predicted molar refractivity (Wildman–Crippen MR) is 91.8 cm³/mol. The Balaban J connectivity index is 1.96. The molecule has 0 atom stereocenters. The molecule has 0 aliphatic heterocycles. The number of anilines is 1. The first-order valence-corrected chi connectivity index (χ1v) is 8.45.